The molecule has 0 aliphatic rings. The van der Waals surface area contributed by atoms with Gasteiger partial charge in [0, 0.05) is 12.3 Å². The molecular weight excluding hydrogens is 346 g/mol. The van der Waals surface area contributed by atoms with E-state index in [4.69, 9.17) is 9.47 Å². The summed E-state index contributed by atoms with van der Waals surface area (Å²) in [5.41, 5.74) is 2.10. The molecule has 6 heteroatoms. The molecule has 3 rings (SSSR count). The summed E-state index contributed by atoms with van der Waals surface area (Å²) < 4.78 is 13.4. The van der Waals surface area contributed by atoms with Crippen LogP contribution in [0.5, 0.6) is 11.5 Å². The highest BCUT2D eigenvalue weighted by Crippen LogP contribution is 2.30. The normalized spacial score (nSPS) is 10.7. The topological polar surface area (TPSA) is 49.2 Å². The Morgan fingerprint density at radius 3 is 2.46 bits per heavy atom. The molecule has 3 aromatic rings. The first-order valence-corrected chi connectivity index (χ1v) is 9.61. The van der Waals surface area contributed by atoms with Gasteiger partial charge in [-0.2, -0.15) is 0 Å². The van der Waals surface area contributed by atoms with Crippen LogP contribution in [0.4, 0.5) is 0 Å². The zero-order valence-electron chi connectivity index (χ0n) is 15.3. The van der Waals surface area contributed by atoms with Crippen LogP contribution in [-0.2, 0) is 6.54 Å². The molecular formula is C20H23N3O2S. The largest absolute Gasteiger partial charge is 0.496 e. The van der Waals surface area contributed by atoms with Crippen LogP contribution in [0.1, 0.15) is 12.5 Å². The molecule has 5 nitrogen and oxygen atoms in total. The third kappa shape index (κ3) is 4.02. The van der Waals surface area contributed by atoms with Crippen LogP contribution in [0.2, 0.25) is 0 Å². The summed E-state index contributed by atoms with van der Waals surface area (Å²) in [4.78, 5) is 0. The number of para-hydroxylation sites is 2. The van der Waals surface area contributed by atoms with E-state index in [1.165, 1.54) is 0 Å². The van der Waals surface area contributed by atoms with Gasteiger partial charge in [0.15, 0.2) is 11.0 Å². The van der Waals surface area contributed by atoms with Crippen molar-refractivity contribution < 1.29 is 9.47 Å². The molecule has 0 bridgehead atoms. The molecule has 136 valence electrons. The average molecular weight is 369 g/mol. The van der Waals surface area contributed by atoms with Crippen molar-refractivity contribution in [1.82, 2.24) is 14.8 Å². The van der Waals surface area contributed by atoms with Crippen LogP contribution in [0.3, 0.4) is 0 Å². The minimum atomic E-state index is 0.621. The zero-order valence-corrected chi connectivity index (χ0v) is 16.1. The number of aromatic nitrogens is 3. The van der Waals surface area contributed by atoms with E-state index in [9.17, 15) is 0 Å². The maximum Gasteiger partial charge on any atom is 0.191 e. The van der Waals surface area contributed by atoms with Gasteiger partial charge in [-0.15, -0.1) is 10.2 Å². The lowest BCUT2D eigenvalue weighted by molar-refractivity contribution is 0.341. The number of benzene rings is 2. The smallest absolute Gasteiger partial charge is 0.191 e. The molecule has 2 aromatic carbocycles. The van der Waals surface area contributed by atoms with Gasteiger partial charge in [-0.25, -0.2) is 0 Å². The second-order valence-electron chi connectivity index (χ2n) is 5.71. The minimum Gasteiger partial charge on any atom is -0.496 e. The highest BCUT2D eigenvalue weighted by Gasteiger charge is 2.16. The molecule has 0 saturated carbocycles. The van der Waals surface area contributed by atoms with Crippen molar-refractivity contribution in [1.29, 1.82) is 0 Å². The van der Waals surface area contributed by atoms with E-state index in [1.807, 2.05) is 42.5 Å². The van der Waals surface area contributed by atoms with Gasteiger partial charge in [-0.1, -0.05) is 42.1 Å². The van der Waals surface area contributed by atoms with E-state index in [2.05, 4.69) is 34.7 Å². The molecule has 0 atom stereocenters. The van der Waals surface area contributed by atoms with Gasteiger partial charge in [0.1, 0.15) is 11.5 Å². The van der Waals surface area contributed by atoms with Gasteiger partial charge in [-0.05, 0) is 37.6 Å². The molecule has 0 aliphatic carbocycles. The lowest BCUT2D eigenvalue weighted by Gasteiger charge is -2.11. The van der Waals surface area contributed by atoms with Crippen LogP contribution >= 0.6 is 11.8 Å². The molecule has 26 heavy (non-hydrogen) atoms. The van der Waals surface area contributed by atoms with Gasteiger partial charge >= 0.3 is 0 Å². The van der Waals surface area contributed by atoms with Crippen molar-refractivity contribution in [2.24, 2.45) is 0 Å². The third-order valence-electron chi connectivity index (χ3n) is 4.05. The van der Waals surface area contributed by atoms with Crippen molar-refractivity contribution >= 4 is 11.8 Å². The molecule has 1 aromatic heterocycles. The molecule has 0 spiro atoms. The standard InChI is InChI=1S/C20H23N3O2S/c1-4-23-19(16-10-6-8-12-18(16)24-3)21-22-20(23)26-14-13-25-17-11-7-5-9-15(17)2/h5-12H,4,13-14H2,1-3H3. The van der Waals surface area contributed by atoms with Crippen molar-refractivity contribution in [2.45, 2.75) is 25.5 Å². The lowest BCUT2D eigenvalue weighted by Crippen LogP contribution is -2.04. The number of hydrogen-bond acceptors (Lipinski definition) is 5. The first-order chi connectivity index (χ1) is 12.7. The highest BCUT2D eigenvalue weighted by atomic mass is 32.2. The van der Waals surface area contributed by atoms with E-state index in [0.717, 1.165) is 45.9 Å². The predicted octanol–water partition coefficient (Wildman–Crippen LogP) is 4.45. The molecule has 0 N–H and O–H groups in total. The fraction of sp³-hybridized carbons (Fsp3) is 0.300. The Kier molecular flexibility index (Phi) is 6.17. The van der Waals surface area contributed by atoms with Gasteiger partial charge in [0.05, 0.1) is 19.3 Å². The number of thioether (sulfide) groups is 1. The van der Waals surface area contributed by atoms with Crippen LogP contribution in [0, 0.1) is 6.92 Å². The summed E-state index contributed by atoms with van der Waals surface area (Å²) in [6.45, 7) is 5.56. The van der Waals surface area contributed by atoms with Crippen LogP contribution in [0.15, 0.2) is 53.7 Å². The second kappa shape index (κ2) is 8.76. The summed E-state index contributed by atoms with van der Waals surface area (Å²) >= 11 is 1.65. The van der Waals surface area contributed by atoms with Crippen molar-refractivity contribution in [3.63, 3.8) is 0 Å². The van der Waals surface area contributed by atoms with E-state index in [1.54, 1.807) is 18.9 Å². The summed E-state index contributed by atoms with van der Waals surface area (Å²) in [5, 5.41) is 9.64. The Hall–Kier alpha value is -2.47. The zero-order chi connectivity index (χ0) is 18.4. The highest BCUT2D eigenvalue weighted by molar-refractivity contribution is 7.99. The Balaban J connectivity index is 1.68. The van der Waals surface area contributed by atoms with Gasteiger partial charge in [-0.3, -0.25) is 0 Å². The molecule has 1 heterocycles. The molecule has 0 unspecified atom stereocenters. The fourth-order valence-corrected chi connectivity index (χ4v) is 3.53. The first kappa shape index (κ1) is 18.3. The third-order valence-corrected chi connectivity index (χ3v) is 4.98. The Morgan fingerprint density at radius 1 is 1.00 bits per heavy atom. The monoisotopic (exact) mass is 369 g/mol. The molecule has 0 fully saturated rings. The maximum absolute atomic E-state index is 5.86. The summed E-state index contributed by atoms with van der Waals surface area (Å²) in [5.74, 6) is 3.36. The number of rotatable bonds is 8. The molecule has 0 amide bonds. The van der Waals surface area contributed by atoms with Crippen LogP contribution in [0.25, 0.3) is 11.4 Å². The molecule has 0 aliphatic heterocycles. The molecule has 0 radical (unpaired) electrons. The maximum atomic E-state index is 5.86. The van der Waals surface area contributed by atoms with Crippen LogP contribution < -0.4 is 9.47 Å². The number of aryl methyl sites for hydroxylation is 1. The Bertz CT molecular complexity index is 864. The van der Waals surface area contributed by atoms with Gasteiger partial charge in [0.2, 0.25) is 0 Å². The fourth-order valence-electron chi connectivity index (χ4n) is 2.71. The Morgan fingerprint density at radius 2 is 1.73 bits per heavy atom. The SMILES string of the molecule is CCn1c(SCCOc2ccccc2C)nnc1-c1ccccc1OC. The number of methoxy groups -OCH3 is 1. The molecule has 0 saturated heterocycles. The van der Waals surface area contributed by atoms with Crippen molar-refractivity contribution in [3.05, 3.63) is 54.1 Å². The van der Waals surface area contributed by atoms with E-state index in [0.29, 0.717) is 6.61 Å². The number of ether oxygens (including phenoxy) is 2. The second-order valence-corrected chi connectivity index (χ2v) is 6.78. The quantitative estimate of drug-likeness (QED) is 0.434. The van der Waals surface area contributed by atoms with Crippen LogP contribution in [-0.4, -0.2) is 34.2 Å². The average Bonchev–Trinajstić information content (AvgIpc) is 3.09. The Labute approximate surface area is 158 Å². The lowest BCUT2D eigenvalue weighted by atomic mass is 10.2. The summed E-state index contributed by atoms with van der Waals surface area (Å²) in [6.07, 6.45) is 0. The van der Waals surface area contributed by atoms with Crippen molar-refractivity contribution in [3.8, 4) is 22.9 Å². The number of nitrogens with zero attached hydrogens (tertiary/aromatic N) is 3. The van der Waals surface area contributed by atoms with E-state index < -0.39 is 0 Å². The summed E-state index contributed by atoms with van der Waals surface area (Å²) in [7, 11) is 1.67. The van der Waals surface area contributed by atoms with E-state index >= 15 is 0 Å². The summed E-state index contributed by atoms with van der Waals surface area (Å²) in [6, 6.07) is 15.9. The van der Waals surface area contributed by atoms with Crippen molar-refractivity contribution in [2.75, 3.05) is 19.5 Å². The number of hydrogen-bond donors (Lipinski definition) is 0. The van der Waals surface area contributed by atoms with Gasteiger partial charge in [0.25, 0.3) is 0 Å². The minimum absolute atomic E-state index is 0.621. The van der Waals surface area contributed by atoms with Gasteiger partial charge < -0.3 is 14.0 Å². The predicted molar refractivity (Wildman–Crippen MR) is 105 cm³/mol. The van der Waals surface area contributed by atoms with E-state index in [-0.39, 0.29) is 0 Å². The first-order valence-electron chi connectivity index (χ1n) is 8.62.